The molecule has 0 spiro atoms. The zero-order valence-electron chi connectivity index (χ0n) is 20.6. The van der Waals surface area contributed by atoms with Gasteiger partial charge >= 0.3 is 0 Å². The summed E-state index contributed by atoms with van der Waals surface area (Å²) in [5, 5.41) is 8.63. The highest BCUT2D eigenvalue weighted by molar-refractivity contribution is 7.80. The average Bonchev–Trinajstić information content (AvgIpc) is 2.83. The highest BCUT2D eigenvalue weighted by Crippen LogP contribution is 2.26. The summed E-state index contributed by atoms with van der Waals surface area (Å²) in [7, 11) is 2.18. The van der Waals surface area contributed by atoms with Crippen molar-refractivity contribution in [1.29, 1.82) is 0 Å². The number of benzene rings is 1. The highest BCUT2D eigenvalue weighted by atomic mass is 32.1. The molecule has 2 saturated heterocycles. The Morgan fingerprint density at radius 2 is 1.94 bits per heavy atom. The molecule has 1 aromatic heterocycles. The van der Waals surface area contributed by atoms with Gasteiger partial charge in [0, 0.05) is 56.4 Å². The van der Waals surface area contributed by atoms with Crippen LogP contribution in [0.5, 0.6) is 0 Å². The smallest absolute Gasteiger partial charge is 0.170 e. The molecule has 3 heterocycles. The molecule has 2 aliphatic rings. The van der Waals surface area contributed by atoms with Gasteiger partial charge in [-0.1, -0.05) is 13.3 Å². The van der Waals surface area contributed by atoms with Crippen molar-refractivity contribution in [2.24, 2.45) is 0 Å². The second-order valence-corrected chi connectivity index (χ2v) is 10.1. The Morgan fingerprint density at radius 1 is 1.12 bits per heavy atom. The molecule has 0 saturated carbocycles. The van der Waals surface area contributed by atoms with Crippen molar-refractivity contribution in [3.8, 4) is 0 Å². The summed E-state index contributed by atoms with van der Waals surface area (Å²) >= 11 is 5.56. The second-order valence-electron chi connectivity index (χ2n) is 9.65. The van der Waals surface area contributed by atoms with Crippen molar-refractivity contribution in [1.82, 2.24) is 20.1 Å². The molecule has 7 heteroatoms. The van der Waals surface area contributed by atoms with E-state index in [0.29, 0.717) is 5.11 Å². The van der Waals surface area contributed by atoms with Crippen molar-refractivity contribution in [3.05, 3.63) is 29.8 Å². The molecule has 1 aromatic carbocycles. The Labute approximate surface area is 204 Å². The number of nitrogens with one attached hydrogen (secondary N) is 2. The fourth-order valence-electron chi connectivity index (χ4n) is 5.13. The van der Waals surface area contributed by atoms with Gasteiger partial charge in [-0.2, -0.15) is 0 Å². The largest absolute Gasteiger partial charge is 0.362 e. The number of hydrogen-bond donors (Lipinski definition) is 2. The van der Waals surface area contributed by atoms with Gasteiger partial charge in [-0.05, 0) is 88.2 Å². The van der Waals surface area contributed by atoms with Crippen LogP contribution in [0.25, 0.3) is 10.9 Å². The fourth-order valence-corrected chi connectivity index (χ4v) is 5.35. The lowest BCUT2D eigenvalue weighted by Gasteiger charge is -2.35. The highest BCUT2D eigenvalue weighted by Gasteiger charge is 2.20. The van der Waals surface area contributed by atoms with Crippen LogP contribution in [0.2, 0.25) is 0 Å². The first-order valence-electron chi connectivity index (χ1n) is 12.7. The normalized spacial score (nSPS) is 20.2. The van der Waals surface area contributed by atoms with Crippen LogP contribution in [-0.2, 0) is 0 Å². The molecule has 0 amide bonds. The summed E-state index contributed by atoms with van der Waals surface area (Å²) in [5.74, 6) is 1.09. The number of aromatic nitrogens is 1. The SMILES string of the molecule is CC[C@H]1CCCCN1CCCNC(=S)Nc1ccc2nc(N3CCN(C)CC3)cc(C)c2c1. The predicted molar refractivity (Wildman–Crippen MR) is 145 cm³/mol. The van der Waals surface area contributed by atoms with E-state index in [2.05, 4.69) is 70.5 Å². The van der Waals surface area contributed by atoms with E-state index in [1.807, 2.05) is 0 Å². The van der Waals surface area contributed by atoms with Crippen molar-refractivity contribution >= 4 is 39.7 Å². The Morgan fingerprint density at radius 3 is 2.73 bits per heavy atom. The summed E-state index contributed by atoms with van der Waals surface area (Å²) in [6, 6.07) is 9.34. The molecular weight excluding hydrogens is 428 g/mol. The second kappa shape index (κ2) is 11.4. The van der Waals surface area contributed by atoms with Crippen LogP contribution in [0.4, 0.5) is 11.5 Å². The monoisotopic (exact) mass is 468 g/mol. The molecule has 33 heavy (non-hydrogen) atoms. The van der Waals surface area contributed by atoms with E-state index in [4.69, 9.17) is 17.2 Å². The number of piperazine rings is 1. The molecule has 1 atom stereocenters. The van der Waals surface area contributed by atoms with Gasteiger partial charge in [0.25, 0.3) is 0 Å². The summed E-state index contributed by atoms with van der Waals surface area (Å²) in [4.78, 5) is 12.4. The summed E-state index contributed by atoms with van der Waals surface area (Å²) in [5.41, 5.74) is 3.31. The van der Waals surface area contributed by atoms with Crippen molar-refractivity contribution in [2.75, 3.05) is 63.1 Å². The third-order valence-electron chi connectivity index (χ3n) is 7.22. The van der Waals surface area contributed by atoms with Gasteiger partial charge in [-0.15, -0.1) is 0 Å². The van der Waals surface area contributed by atoms with E-state index in [-0.39, 0.29) is 0 Å². The topological polar surface area (TPSA) is 46.7 Å². The molecule has 6 nitrogen and oxygen atoms in total. The summed E-state index contributed by atoms with van der Waals surface area (Å²) < 4.78 is 0. The lowest BCUT2D eigenvalue weighted by Crippen LogP contribution is -2.44. The van der Waals surface area contributed by atoms with Crippen molar-refractivity contribution in [3.63, 3.8) is 0 Å². The summed E-state index contributed by atoms with van der Waals surface area (Å²) in [6.45, 7) is 12.0. The first-order valence-corrected chi connectivity index (χ1v) is 13.1. The van der Waals surface area contributed by atoms with Gasteiger partial charge in [-0.25, -0.2) is 4.98 Å². The van der Waals surface area contributed by atoms with Crippen LogP contribution in [0.3, 0.4) is 0 Å². The Balaban J connectivity index is 1.29. The van der Waals surface area contributed by atoms with E-state index in [1.54, 1.807) is 0 Å². The number of likely N-dealkylation sites (tertiary alicyclic amines) is 1. The fraction of sp³-hybridized carbons (Fsp3) is 0.615. The molecule has 2 fully saturated rings. The van der Waals surface area contributed by atoms with Gasteiger partial charge in [0.05, 0.1) is 5.52 Å². The minimum absolute atomic E-state index is 0.694. The van der Waals surface area contributed by atoms with Crippen molar-refractivity contribution < 1.29 is 0 Å². The first kappa shape index (κ1) is 24.2. The van der Waals surface area contributed by atoms with Gasteiger partial charge in [0.15, 0.2) is 5.11 Å². The minimum Gasteiger partial charge on any atom is -0.362 e. The number of nitrogens with zero attached hydrogens (tertiary/aromatic N) is 4. The van der Waals surface area contributed by atoms with Crippen LogP contribution >= 0.6 is 12.2 Å². The van der Waals surface area contributed by atoms with Crippen molar-refractivity contribution in [2.45, 2.75) is 52.0 Å². The number of rotatable bonds is 7. The quantitative estimate of drug-likeness (QED) is 0.466. The number of aryl methyl sites for hydroxylation is 1. The molecule has 0 unspecified atom stereocenters. The third-order valence-corrected chi connectivity index (χ3v) is 7.46. The Kier molecular flexibility index (Phi) is 8.39. The van der Waals surface area contributed by atoms with E-state index < -0.39 is 0 Å². The minimum atomic E-state index is 0.694. The lowest BCUT2D eigenvalue weighted by molar-refractivity contribution is 0.143. The van der Waals surface area contributed by atoms with E-state index >= 15 is 0 Å². The van der Waals surface area contributed by atoms with E-state index in [0.717, 1.165) is 68.8 Å². The van der Waals surface area contributed by atoms with Crippen LogP contribution < -0.4 is 15.5 Å². The van der Waals surface area contributed by atoms with Crippen LogP contribution in [-0.4, -0.2) is 78.8 Å². The number of fused-ring (bicyclic) bond motifs is 1. The maximum Gasteiger partial charge on any atom is 0.170 e. The Hall–Kier alpha value is -1.96. The Bertz CT molecular complexity index is 940. The van der Waals surface area contributed by atoms with E-state index in [1.165, 1.54) is 43.2 Å². The molecular formula is C26H40N6S. The van der Waals surface area contributed by atoms with Gasteiger partial charge in [0.2, 0.25) is 0 Å². The molecule has 2 aliphatic heterocycles. The molecule has 0 radical (unpaired) electrons. The number of anilines is 2. The number of pyridine rings is 1. The molecule has 4 rings (SSSR count). The third kappa shape index (κ3) is 6.34. The summed E-state index contributed by atoms with van der Waals surface area (Å²) in [6.07, 6.45) is 6.47. The number of hydrogen-bond acceptors (Lipinski definition) is 5. The molecule has 0 bridgehead atoms. The zero-order chi connectivity index (χ0) is 23.2. The zero-order valence-corrected chi connectivity index (χ0v) is 21.4. The molecule has 180 valence electrons. The number of likely N-dealkylation sites (N-methyl/N-ethyl adjacent to an activating group) is 1. The van der Waals surface area contributed by atoms with Crippen LogP contribution in [0.15, 0.2) is 24.3 Å². The van der Waals surface area contributed by atoms with Gasteiger partial charge in [0.1, 0.15) is 5.82 Å². The molecule has 2 N–H and O–H groups in total. The number of piperidine rings is 1. The van der Waals surface area contributed by atoms with Crippen LogP contribution in [0, 0.1) is 6.92 Å². The predicted octanol–water partition coefficient (Wildman–Crippen LogP) is 4.24. The first-order chi connectivity index (χ1) is 16.0. The standard InChI is InChI=1S/C26H40N6S/c1-4-22-8-5-6-12-31(22)13-7-11-27-26(33)28-21-9-10-24-23(19-21)20(2)18-25(29-24)32-16-14-30(3)15-17-32/h9-10,18-19,22H,4-8,11-17H2,1-3H3,(H2,27,28,33)/t22-/m0/s1. The lowest BCUT2D eigenvalue weighted by atomic mass is 10.00. The van der Waals surface area contributed by atoms with Gasteiger partial charge in [-0.3, -0.25) is 0 Å². The molecule has 2 aromatic rings. The van der Waals surface area contributed by atoms with Crippen LogP contribution in [0.1, 0.15) is 44.6 Å². The molecule has 0 aliphatic carbocycles. The van der Waals surface area contributed by atoms with E-state index in [9.17, 15) is 0 Å². The number of thiocarbonyl (C=S) groups is 1. The maximum absolute atomic E-state index is 5.56. The maximum atomic E-state index is 5.56. The van der Waals surface area contributed by atoms with Gasteiger partial charge < -0.3 is 25.3 Å². The average molecular weight is 469 g/mol.